The SMILES string of the molecule is C[C@]12CC[C@@H]3[C@H](CC[C@@]4(O)C[C@H](O)CC[C@]34C(=O)O)[C@@]1(O)CC[C@H]2C(=O)C(=O)O. The van der Waals surface area contributed by atoms with Gasteiger partial charge >= 0.3 is 11.9 Å². The number of carboxylic acid groups (broad SMARTS) is 2. The Labute approximate surface area is 168 Å². The van der Waals surface area contributed by atoms with Gasteiger partial charge in [0.2, 0.25) is 5.78 Å². The Morgan fingerprint density at radius 3 is 2.14 bits per heavy atom. The summed E-state index contributed by atoms with van der Waals surface area (Å²) in [5.74, 6) is -5.18. The molecule has 8 atom stereocenters. The van der Waals surface area contributed by atoms with Gasteiger partial charge in [0.15, 0.2) is 0 Å². The molecule has 0 aromatic heterocycles. The van der Waals surface area contributed by atoms with Gasteiger partial charge < -0.3 is 25.5 Å². The number of carbonyl (C=O) groups is 3. The van der Waals surface area contributed by atoms with Gasteiger partial charge in [0.05, 0.1) is 22.7 Å². The predicted molar refractivity (Wildman–Crippen MR) is 98.7 cm³/mol. The molecule has 162 valence electrons. The van der Waals surface area contributed by atoms with Crippen molar-refractivity contribution in [1.29, 1.82) is 0 Å². The average molecular weight is 410 g/mol. The maximum absolute atomic E-state index is 12.6. The number of fused-ring (bicyclic) bond motifs is 5. The molecule has 4 rings (SSSR count). The van der Waals surface area contributed by atoms with Gasteiger partial charge in [0.1, 0.15) is 0 Å². The summed E-state index contributed by atoms with van der Waals surface area (Å²) in [5, 5.41) is 52.8. The van der Waals surface area contributed by atoms with Crippen molar-refractivity contribution in [2.24, 2.45) is 28.6 Å². The number of aliphatic hydroxyl groups is 3. The van der Waals surface area contributed by atoms with E-state index in [2.05, 4.69) is 0 Å². The molecule has 4 fully saturated rings. The molecule has 0 aromatic carbocycles. The Kier molecular flexibility index (Phi) is 4.47. The van der Waals surface area contributed by atoms with Crippen molar-refractivity contribution in [3.8, 4) is 0 Å². The maximum Gasteiger partial charge on any atom is 0.372 e. The number of aliphatic carboxylic acids is 2. The third kappa shape index (κ3) is 2.39. The van der Waals surface area contributed by atoms with E-state index in [4.69, 9.17) is 0 Å². The summed E-state index contributed by atoms with van der Waals surface area (Å²) in [6, 6.07) is 0. The summed E-state index contributed by atoms with van der Waals surface area (Å²) < 4.78 is 0. The summed E-state index contributed by atoms with van der Waals surface area (Å²) in [5.41, 5.74) is -5.24. The summed E-state index contributed by atoms with van der Waals surface area (Å²) in [7, 11) is 0. The molecule has 4 aliphatic rings. The Balaban J connectivity index is 1.76. The van der Waals surface area contributed by atoms with Crippen molar-refractivity contribution in [2.45, 2.75) is 82.0 Å². The largest absolute Gasteiger partial charge is 0.481 e. The van der Waals surface area contributed by atoms with Crippen LogP contribution in [0.25, 0.3) is 0 Å². The third-order valence-electron chi connectivity index (χ3n) is 9.33. The first-order valence-corrected chi connectivity index (χ1v) is 10.6. The predicted octanol–water partition coefficient (Wildman–Crippen LogP) is 0.954. The quantitative estimate of drug-likeness (QED) is 0.431. The normalized spacial score (nSPS) is 51.4. The summed E-state index contributed by atoms with van der Waals surface area (Å²) in [4.78, 5) is 36.2. The Morgan fingerprint density at radius 1 is 0.862 bits per heavy atom. The number of Topliss-reactive ketones (excluding diaryl/α,β-unsaturated/α-hetero) is 1. The van der Waals surface area contributed by atoms with Gasteiger partial charge in [0, 0.05) is 17.8 Å². The van der Waals surface area contributed by atoms with E-state index in [0.717, 1.165) is 0 Å². The number of hydrogen-bond acceptors (Lipinski definition) is 6. The van der Waals surface area contributed by atoms with Crippen LogP contribution in [0.15, 0.2) is 0 Å². The number of hydrogen-bond donors (Lipinski definition) is 5. The van der Waals surface area contributed by atoms with Crippen molar-refractivity contribution in [1.82, 2.24) is 0 Å². The van der Waals surface area contributed by atoms with Crippen LogP contribution in [-0.4, -0.2) is 60.6 Å². The number of ketones is 1. The first-order chi connectivity index (χ1) is 13.4. The molecule has 0 aliphatic heterocycles. The number of carboxylic acids is 2. The van der Waals surface area contributed by atoms with Crippen LogP contribution < -0.4 is 0 Å². The van der Waals surface area contributed by atoms with Crippen LogP contribution in [0.5, 0.6) is 0 Å². The van der Waals surface area contributed by atoms with Crippen LogP contribution in [-0.2, 0) is 14.4 Å². The monoisotopic (exact) mass is 410 g/mol. The van der Waals surface area contributed by atoms with E-state index in [1.54, 1.807) is 6.92 Å². The van der Waals surface area contributed by atoms with E-state index in [1.165, 1.54) is 0 Å². The number of carbonyl (C=O) groups excluding carboxylic acids is 1. The molecule has 0 spiro atoms. The van der Waals surface area contributed by atoms with Gasteiger partial charge in [-0.15, -0.1) is 0 Å². The van der Waals surface area contributed by atoms with Crippen LogP contribution in [0.4, 0.5) is 0 Å². The van der Waals surface area contributed by atoms with Crippen LogP contribution in [0.2, 0.25) is 0 Å². The first-order valence-electron chi connectivity index (χ1n) is 10.6. The molecule has 0 saturated heterocycles. The topological polar surface area (TPSA) is 152 Å². The summed E-state index contributed by atoms with van der Waals surface area (Å²) in [6.07, 6.45) is 1.51. The minimum atomic E-state index is -1.53. The Hall–Kier alpha value is -1.51. The molecular formula is C21H30O8. The highest BCUT2D eigenvalue weighted by Gasteiger charge is 2.74. The summed E-state index contributed by atoms with van der Waals surface area (Å²) >= 11 is 0. The minimum absolute atomic E-state index is 0.0122. The van der Waals surface area contributed by atoms with E-state index >= 15 is 0 Å². The minimum Gasteiger partial charge on any atom is -0.481 e. The fourth-order valence-electron chi connectivity index (χ4n) is 7.87. The van der Waals surface area contributed by atoms with E-state index < -0.39 is 63.6 Å². The van der Waals surface area contributed by atoms with Gasteiger partial charge in [-0.3, -0.25) is 9.59 Å². The maximum atomic E-state index is 12.6. The Morgan fingerprint density at radius 2 is 1.52 bits per heavy atom. The Bertz CT molecular complexity index is 766. The molecule has 4 saturated carbocycles. The molecule has 0 unspecified atom stereocenters. The molecule has 8 heteroatoms. The van der Waals surface area contributed by atoms with E-state index in [1.807, 2.05) is 0 Å². The average Bonchev–Trinajstić information content (AvgIpc) is 2.91. The highest BCUT2D eigenvalue weighted by Crippen LogP contribution is 2.70. The lowest BCUT2D eigenvalue weighted by molar-refractivity contribution is -0.260. The van der Waals surface area contributed by atoms with Gasteiger partial charge in [-0.1, -0.05) is 6.92 Å². The van der Waals surface area contributed by atoms with Crippen molar-refractivity contribution < 1.29 is 39.9 Å². The zero-order valence-corrected chi connectivity index (χ0v) is 16.6. The first kappa shape index (κ1) is 20.8. The molecule has 0 bridgehead atoms. The molecular weight excluding hydrogens is 380 g/mol. The van der Waals surface area contributed by atoms with E-state index in [-0.39, 0.29) is 38.5 Å². The molecule has 0 amide bonds. The van der Waals surface area contributed by atoms with Crippen molar-refractivity contribution in [3.05, 3.63) is 0 Å². The van der Waals surface area contributed by atoms with Crippen LogP contribution in [0.1, 0.15) is 64.7 Å². The standard InChI is InChI=1S/C21H30O8/c1-18-6-3-12-13(21(18,29)9-5-14(18)15(23)16(24)25)4-7-19(28)10-11(22)2-8-20(12,19)17(26)27/h11-14,22,28-29H,2-10H2,1H3,(H,24,25)(H,26,27)/t11-,12-,13+,14+,18-,19-,20-,21+/m1/s1. The highest BCUT2D eigenvalue weighted by atomic mass is 16.4. The van der Waals surface area contributed by atoms with Gasteiger partial charge in [-0.2, -0.15) is 0 Å². The van der Waals surface area contributed by atoms with Gasteiger partial charge in [-0.05, 0) is 63.2 Å². The van der Waals surface area contributed by atoms with E-state index in [9.17, 15) is 39.9 Å². The lowest BCUT2D eigenvalue weighted by Gasteiger charge is -2.64. The second-order valence-electron chi connectivity index (χ2n) is 10.1. The highest BCUT2D eigenvalue weighted by molar-refractivity contribution is 6.33. The third-order valence-corrected chi connectivity index (χ3v) is 9.33. The smallest absolute Gasteiger partial charge is 0.372 e. The molecule has 0 radical (unpaired) electrons. The number of aliphatic hydroxyl groups excluding tert-OH is 1. The molecule has 4 aliphatic carbocycles. The molecule has 0 heterocycles. The summed E-state index contributed by atoms with van der Waals surface area (Å²) in [6.45, 7) is 1.76. The zero-order chi connectivity index (χ0) is 21.4. The molecule has 29 heavy (non-hydrogen) atoms. The second-order valence-corrected chi connectivity index (χ2v) is 10.1. The molecule has 0 aromatic rings. The van der Waals surface area contributed by atoms with Gasteiger partial charge in [0.25, 0.3) is 0 Å². The number of rotatable bonds is 3. The van der Waals surface area contributed by atoms with Crippen LogP contribution in [0.3, 0.4) is 0 Å². The van der Waals surface area contributed by atoms with Crippen LogP contribution >= 0.6 is 0 Å². The van der Waals surface area contributed by atoms with Gasteiger partial charge in [-0.25, -0.2) is 4.79 Å². The lowest BCUT2D eigenvalue weighted by Crippen LogP contribution is -2.70. The van der Waals surface area contributed by atoms with Crippen molar-refractivity contribution >= 4 is 17.7 Å². The molecule has 8 nitrogen and oxygen atoms in total. The fourth-order valence-corrected chi connectivity index (χ4v) is 7.87. The zero-order valence-electron chi connectivity index (χ0n) is 16.6. The molecule has 5 N–H and O–H groups in total. The van der Waals surface area contributed by atoms with Crippen molar-refractivity contribution in [2.75, 3.05) is 0 Å². The second kappa shape index (κ2) is 6.25. The van der Waals surface area contributed by atoms with Crippen LogP contribution in [0, 0.1) is 28.6 Å². The lowest BCUT2D eigenvalue weighted by atomic mass is 9.41. The van der Waals surface area contributed by atoms with Crippen molar-refractivity contribution in [3.63, 3.8) is 0 Å². The fraction of sp³-hybridized carbons (Fsp3) is 0.857. The van der Waals surface area contributed by atoms with E-state index in [0.29, 0.717) is 19.3 Å².